The first kappa shape index (κ1) is 6.90. The van der Waals surface area contributed by atoms with Crippen LogP contribution in [0.15, 0.2) is 9.98 Å². The Kier molecular flexibility index (Phi) is 5.09. The molecule has 0 atom stereocenters. The van der Waals surface area contributed by atoms with Crippen molar-refractivity contribution in [2.24, 2.45) is 9.98 Å². The largest absolute Gasteiger partial charge is 0.248 e. The molecule has 0 aromatic rings. The van der Waals surface area contributed by atoms with Crippen LogP contribution in [0.2, 0.25) is 0 Å². The lowest BCUT2D eigenvalue weighted by Gasteiger charge is -1.70. The predicted octanol–water partition coefficient (Wildman–Crippen LogP) is 1.09. The highest BCUT2D eigenvalue weighted by molar-refractivity contribution is 5.72. The van der Waals surface area contributed by atoms with Crippen LogP contribution < -0.4 is 0 Å². The Morgan fingerprint density at radius 3 is 3.00 bits per heavy atom. The molecule has 0 aliphatic carbocycles. The summed E-state index contributed by atoms with van der Waals surface area (Å²) in [7, 11) is 0. The fourth-order valence-electron chi connectivity index (χ4n) is 0.219. The first-order valence-corrected chi connectivity index (χ1v) is 2.40. The maximum Gasteiger partial charge on any atom is 0.125 e. The van der Waals surface area contributed by atoms with Gasteiger partial charge in [-0.2, -0.15) is 4.99 Å². The van der Waals surface area contributed by atoms with Crippen molar-refractivity contribution in [3.63, 3.8) is 0 Å². The molecule has 0 N–H and O–H groups in total. The molecule has 0 aromatic carbocycles. The van der Waals surface area contributed by atoms with Gasteiger partial charge in [-0.1, -0.05) is 13.3 Å². The van der Waals surface area contributed by atoms with E-state index >= 15 is 0 Å². The molecule has 42 valence electrons. The number of aliphatic imine (C=N–C) groups is 2. The van der Waals surface area contributed by atoms with Crippen molar-refractivity contribution in [1.82, 2.24) is 0 Å². The smallest absolute Gasteiger partial charge is 0.125 e. The number of rotatable bonds is 2. The summed E-state index contributed by atoms with van der Waals surface area (Å²) in [6.07, 6.45) is 8.79. The SMILES string of the molecule is C#C/N=C\N=C/CC. The molecule has 8 heavy (non-hydrogen) atoms. The van der Waals surface area contributed by atoms with E-state index in [1.54, 1.807) is 6.21 Å². The highest BCUT2D eigenvalue weighted by Gasteiger charge is 1.60. The van der Waals surface area contributed by atoms with E-state index in [0.29, 0.717) is 0 Å². The molecular formula is C6H8N2. The highest BCUT2D eigenvalue weighted by atomic mass is 14.8. The number of nitrogens with zero attached hydrogens (tertiary/aromatic N) is 2. The van der Waals surface area contributed by atoms with E-state index in [-0.39, 0.29) is 0 Å². The van der Waals surface area contributed by atoms with E-state index in [1.165, 1.54) is 6.34 Å². The molecule has 0 saturated carbocycles. The summed E-state index contributed by atoms with van der Waals surface area (Å²) >= 11 is 0. The molecule has 0 heterocycles. The van der Waals surface area contributed by atoms with E-state index in [9.17, 15) is 0 Å². The molecule has 0 aliphatic rings. The van der Waals surface area contributed by atoms with Crippen molar-refractivity contribution in [2.75, 3.05) is 0 Å². The van der Waals surface area contributed by atoms with Crippen LogP contribution in [0.4, 0.5) is 0 Å². The summed E-state index contributed by atoms with van der Waals surface area (Å²) in [6.45, 7) is 1.99. The molecular weight excluding hydrogens is 100 g/mol. The van der Waals surface area contributed by atoms with Crippen LogP contribution in [-0.4, -0.2) is 12.6 Å². The lowest BCUT2D eigenvalue weighted by Crippen LogP contribution is -1.67. The standard InChI is InChI=1S/C6H8N2/c1-3-5-8-6-7-4-2/h2,5-6H,3H2,1H3/b7-6-,8-5-. The minimum Gasteiger partial charge on any atom is -0.248 e. The van der Waals surface area contributed by atoms with Crippen molar-refractivity contribution in [3.05, 3.63) is 0 Å². The first-order chi connectivity index (χ1) is 3.91. The van der Waals surface area contributed by atoms with Crippen LogP contribution in [-0.2, 0) is 0 Å². The van der Waals surface area contributed by atoms with Crippen LogP contribution in [0.5, 0.6) is 0 Å². The van der Waals surface area contributed by atoms with E-state index in [2.05, 4.69) is 16.0 Å². The quantitative estimate of drug-likeness (QED) is 0.287. The molecule has 0 amide bonds. The van der Waals surface area contributed by atoms with E-state index in [4.69, 9.17) is 6.42 Å². The van der Waals surface area contributed by atoms with Crippen molar-refractivity contribution in [3.8, 4) is 12.5 Å². The lowest BCUT2D eigenvalue weighted by molar-refractivity contribution is 1.32. The molecule has 0 saturated heterocycles. The summed E-state index contributed by atoms with van der Waals surface area (Å²) < 4.78 is 0. The Morgan fingerprint density at radius 1 is 1.75 bits per heavy atom. The van der Waals surface area contributed by atoms with E-state index in [1.807, 2.05) is 6.92 Å². The van der Waals surface area contributed by atoms with Gasteiger partial charge in [-0.25, -0.2) is 4.99 Å². The zero-order valence-corrected chi connectivity index (χ0v) is 4.83. The summed E-state index contributed by atoms with van der Waals surface area (Å²) in [6, 6.07) is 2.08. The third-order valence-electron chi connectivity index (χ3n) is 0.487. The topological polar surface area (TPSA) is 24.7 Å². The Morgan fingerprint density at radius 2 is 2.50 bits per heavy atom. The second-order valence-electron chi connectivity index (χ2n) is 1.11. The molecule has 0 fully saturated rings. The van der Waals surface area contributed by atoms with Gasteiger partial charge in [0.2, 0.25) is 0 Å². The molecule has 0 rings (SSSR count). The summed E-state index contributed by atoms with van der Waals surface area (Å²) in [5, 5.41) is 0. The van der Waals surface area contributed by atoms with Crippen LogP contribution >= 0.6 is 0 Å². The Balaban J connectivity index is 3.31. The van der Waals surface area contributed by atoms with E-state index in [0.717, 1.165) is 6.42 Å². The van der Waals surface area contributed by atoms with Gasteiger partial charge in [0, 0.05) is 12.3 Å². The average molecular weight is 108 g/mol. The Hall–Kier alpha value is -1.10. The van der Waals surface area contributed by atoms with Crippen molar-refractivity contribution >= 4 is 12.6 Å². The Labute approximate surface area is 49.4 Å². The van der Waals surface area contributed by atoms with Gasteiger partial charge in [-0.3, -0.25) is 0 Å². The third kappa shape index (κ3) is 4.90. The fraction of sp³-hybridized carbons (Fsp3) is 0.333. The molecule has 2 heteroatoms. The van der Waals surface area contributed by atoms with Crippen molar-refractivity contribution in [2.45, 2.75) is 13.3 Å². The van der Waals surface area contributed by atoms with Gasteiger partial charge >= 0.3 is 0 Å². The average Bonchev–Trinajstić information content (AvgIpc) is 1.81. The molecule has 0 radical (unpaired) electrons. The van der Waals surface area contributed by atoms with Gasteiger partial charge in [-0.15, -0.1) is 0 Å². The Bertz CT molecular complexity index is 128. The summed E-state index contributed by atoms with van der Waals surface area (Å²) in [5.41, 5.74) is 0. The monoisotopic (exact) mass is 108 g/mol. The summed E-state index contributed by atoms with van der Waals surface area (Å²) in [5.74, 6) is 0. The minimum absolute atomic E-state index is 0.913. The predicted molar refractivity (Wildman–Crippen MR) is 36.1 cm³/mol. The third-order valence-corrected chi connectivity index (χ3v) is 0.487. The zero-order valence-electron chi connectivity index (χ0n) is 4.83. The van der Waals surface area contributed by atoms with Gasteiger partial charge in [-0.05, 0) is 6.42 Å². The van der Waals surface area contributed by atoms with Crippen molar-refractivity contribution in [1.29, 1.82) is 0 Å². The number of hydrogen-bond donors (Lipinski definition) is 0. The molecule has 0 spiro atoms. The lowest BCUT2D eigenvalue weighted by atomic mass is 10.5. The van der Waals surface area contributed by atoms with Gasteiger partial charge in [0.25, 0.3) is 0 Å². The maximum absolute atomic E-state index is 4.79. The van der Waals surface area contributed by atoms with Gasteiger partial charge < -0.3 is 0 Å². The van der Waals surface area contributed by atoms with Crippen LogP contribution in [0.1, 0.15) is 13.3 Å². The second-order valence-corrected chi connectivity index (χ2v) is 1.11. The molecule has 0 unspecified atom stereocenters. The summed E-state index contributed by atoms with van der Waals surface area (Å²) in [4.78, 5) is 7.13. The molecule has 0 bridgehead atoms. The first-order valence-electron chi connectivity index (χ1n) is 2.40. The maximum atomic E-state index is 4.79. The normalized spacial score (nSPS) is 10.5. The highest BCUT2D eigenvalue weighted by Crippen LogP contribution is 1.65. The van der Waals surface area contributed by atoms with Gasteiger partial charge in [0.05, 0.1) is 0 Å². The number of hydrogen-bond acceptors (Lipinski definition) is 1. The van der Waals surface area contributed by atoms with E-state index < -0.39 is 0 Å². The van der Waals surface area contributed by atoms with Crippen LogP contribution in [0.25, 0.3) is 0 Å². The van der Waals surface area contributed by atoms with Crippen LogP contribution in [0.3, 0.4) is 0 Å². The van der Waals surface area contributed by atoms with Crippen LogP contribution in [0, 0.1) is 12.5 Å². The van der Waals surface area contributed by atoms with Gasteiger partial charge in [0.15, 0.2) is 0 Å². The molecule has 2 nitrogen and oxygen atoms in total. The minimum atomic E-state index is 0.913. The fourth-order valence-corrected chi connectivity index (χ4v) is 0.219. The van der Waals surface area contributed by atoms with Gasteiger partial charge in [0.1, 0.15) is 6.34 Å². The second kappa shape index (κ2) is 5.90. The van der Waals surface area contributed by atoms with Crippen molar-refractivity contribution < 1.29 is 0 Å². The molecule has 0 aromatic heterocycles. The number of terminal acetylenes is 1. The zero-order chi connectivity index (χ0) is 6.24. The molecule has 0 aliphatic heterocycles.